The highest BCUT2D eigenvalue weighted by atomic mass is 79.9. The molecule has 2 aliphatic heterocycles. The molecule has 1 aromatic rings. The van der Waals surface area contributed by atoms with Gasteiger partial charge in [0.05, 0.1) is 37.5 Å². The van der Waals surface area contributed by atoms with Gasteiger partial charge in [-0.15, -0.1) is 0 Å². The average molecular weight is 608 g/mol. The first kappa shape index (κ1) is 28.9. The van der Waals surface area contributed by atoms with Gasteiger partial charge >= 0.3 is 0 Å². The van der Waals surface area contributed by atoms with E-state index in [1.54, 1.807) is 13.2 Å². The second-order valence-corrected chi connectivity index (χ2v) is 12.8. The number of nitriles is 1. The molecule has 0 saturated carbocycles. The zero-order valence-corrected chi connectivity index (χ0v) is 24.5. The van der Waals surface area contributed by atoms with E-state index in [0.717, 1.165) is 18.5 Å². The van der Waals surface area contributed by atoms with Crippen LogP contribution in [-0.2, 0) is 24.3 Å². The lowest BCUT2D eigenvalue weighted by molar-refractivity contribution is -0.117. The molecule has 1 fully saturated rings. The molecule has 1 aromatic carbocycles. The predicted octanol–water partition coefficient (Wildman–Crippen LogP) is 4.26. The molecule has 11 heteroatoms. The lowest BCUT2D eigenvalue weighted by Gasteiger charge is -2.35. The first-order valence-corrected chi connectivity index (χ1v) is 15.3. The Hall–Kier alpha value is -2.10. The van der Waals surface area contributed by atoms with Gasteiger partial charge in [0.2, 0.25) is 10.0 Å². The monoisotopic (exact) mass is 606 g/mol. The van der Waals surface area contributed by atoms with Crippen molar-refractivity contribution in [3.05, 3.63) is 33.4 Å². The minimum atomic E-state index is -3.90. The Morgan fingerprint density at radius 3 is 2.68 bits per heavy atom. The standard InChI is InChI=1S/C27H35BrN4O5S/c1-4-5-18-12-22-26(23(33)13-18)25(20(16-29)17(2)31-22)19-14-21(28)27(30-6-9-36-3)24(15-19)38(34,35)32-7-10-37-11-8-32/h14-15,18,20,25,30H,4-13H2,1-3H3. The maximum atomic E-state index is 13.9. The maximum absolute atomic E-state index is 13.9. The molecule has 206 valence electrons. The quantitative estimate of drug-likeness (QED) is 0.417. The van der Waals surface area contributed by atoms with Crippen molar-refractivity contribution in [2.45, 2.75) is 50.3 Å². The van der Waals surface area contributed by atoms with Gasteiger partial charge in [0.15, 0.2) is 5.78 Å². The van der Waals surface area contributed by atoms with Gasteiger partial charge in [-0.05, 0) is 59.3 Å². The van der Waals surface area contributed by atoms with E-state index in [-0.39, 0.29) is 29.7 Å². The van der Waals surface area contributed by atoms with Crippen LogP contribution in [0.5, 0.6) is 0 Å². The molecule has 3 atom stereocenters. The fourth-order valence-electron chi connectivity index (χ4n) is 5.64. The normalized spacial score (nSPS) is 24.6. The molecule has 1 N–H and O–H groups in total. The number of hydrogen-bond acceptors (Lipinski definition) is 8. The predicted molar refractivity (Wildman–Crippen MR) is 149 cm³/mol. The number of rotatable bonds is 9. The van der Waals surface area contributed by atoms with Gasteiger partial charge in [-0.2, -0.15) is 9.57 Å². The van der Waals surface area contributed by atoms with Crippen molar-refractivity contribution < 1.29 is 22.7 Å². The lowest BCUT2D eigenvalue weighted by Crippen LogP contribution is -2.41. The second-order valence-electron chi connectivity index (χ2n) is 10.00. The first-order chi connectivity index (χ1) is 18.2. The number of nitrogens with zero attached hydrogens (tertiary/aromatic N) is 3. The molecule has 1 aliphatic carbocycles. The Morgan fingerprint density at radius 1 is 1.29 bits per heavy atom. The molecular weight excluding hydrogens is 572 g/mol. The summed E-state index contributed by atoms with van der Waals surface area (Å²) < 4.78 is 40.3. The highest BCUT2D eigenvalue weighted by molar-refractivity contribution is 9.10. The van der Waals surface area contributed by atoms with E-state index < -0.39 is 21.9 Å². The van der Waals surface area contributed by atoms with E-state index in [0.29, 0.717) is 66.2 Å². The van der Waals surface area contributed by atoms with Crippen molar-refractivity contribution >= 4 is 43.1 Å². The number of hydrogen-bond donors (Lipinski definition) is 1. The summed E-state index contributed by atoms with van der Waals surface area (Å²) in [5.74, 6) is -1.02. The summed E-state index contributed by atoms with van der Waals surface area (Å²) in [5.41, 5.74) is 2.98. The minimum Gasteiger partial charge on any atom is -0.383 e. The second kappa shape index (κ2) is 12.4. The summed E-state index contributed by atoms with van der Waals surface area (Å²) in [6.07, 6.45) is 3.05. The van der Waals surface area contributed by atoms with Crippen LogP contribution in [0.3, 0.4) is 0 Å². The number of aliphatic imine (C=N–C) groups is 1. The van der Waals surface area contributed by atoms with Crippen LogP contribution in [0.15, 0.2) is 37.8 Å². The zero-order valence-electron chi connectivity index (χ0n) is 22.1. The minimum absolute atomic E-state index is 0.00204. The number of nitrogens with one attached hydrogen (secondary N) is 1. The molecule has 0 radical (unpaired) electrons. The zero-order chi connectivity index (χ0) is 27.4. The van der Waals surface area contributed by atoms with E-state index in [4.69, 9.17) is 14.5 Å². The van der Waals surface area contributed by atoms with Gasteiger partial charge in [-0.1, -0.05) is 13.3 Å². The average Bonchev–Trinajstić information content (AvgIpc) is 2.89. The molecule has 0 spiro atoms. The number of methoxy groups -OCH3 is 1. The van der Waals surface area contributed by atoms with E-state index in [9.17, 15) is 18.5 Å². The number of carbonyl (C=O) groups excluding carboxylic acids is 1. The molecule has 0 amide bonds. The number of benzene rings is 1. The highest BCUT2D eigenvalue weighted by Gasteiger charge is 2.42. The Bertz CT molecular complexity index is 1280. The summed E-state index contributed by atoms with van der Waals surface area (Å²) in [4.78, 5) is 18.3. The number of ether oxygens (including phenoxy) is 2. The lowest BCUT2D eigenvalue weighted by atomic mass is 9.70. The van der Waals surface area contributed by atoms with Crippen LogP contribution in [-0.4, -0.2) is 70.8 Å². The van der Waals surface area contributed by atoms with E-state index in [1.165, 1.54) is 4.31 Å². The SMILES string of the molecule is CCCC1CC(=O)C2=C(C1)N=C(C)C(C#N)C2c1cc(Br)c(NCCOC)c(S(=O)(=O)N2CCOCC2)c1. The Morgan fingerprint density at radius 2 is 2.03 bits per heavy atom. The van der Waals surface area contributed by atoms with Crippen molar-refractivity contribution in [1.29, 1.82) is 5.26 Å². The molecule has 3 aliphatic rings. The molecule has 9 nitrogen and oxygen atoms in total. The summed E-state index contributed by atoms with van der Waals surface area (Å²) in [6, 6.07) is 5.81. The molecule has 38 heavy (non-hydrogen) atoms. The fourth-order valence-corrected chi connectivity index (χ4v) is 8.02. The van der Waals surface area contributed by atoms with Gasteiger partial charge in [0.25, 0.3) is 0 Å². The number of morpholine rings is 1. The molecular formula is C27H35BrN4O5S. The molecule has 2 heterocycles. The fraction of sp³-hybridized carbons (Fsp3) is 0.593. The van der Waals surface area contributed by atoms with E-state index in [2.05, 4.69) is 34.2 Å². The van der Waals surface area contributed by atoms with Crippen LogP contribution < -0.4 is 5.32 Å². The van der Waals surface area contributed by atoms with Crippen molar-refractivity contribution in [3.8, 4) is 6.07 Å². The van der Waals surface area contributed by atoms with Gasteiger partial charge in [-0.3, -0.25) is 9.79 Å². The molecule has 3 unspecified atom stereocenters. The van der Waals surface area contributed by atoms with Gasteiger partial charge in [0, 0.05) is 60.5 Å². The van der Waals surface area contributed by atoms with Crippen molar-refractivity contribution in [2.24, 2.45) is 16.8 Å². The number of Topliss-reactive ketones (excluding diaryl/α,β-unsaturated/α-hetero) is 1. The van der Waals surface area contributed by atoms with Crippen molar-refractivity contribution in [3.63, 3.8) is 0 Å². The van der Waals surface area contributed by atoms with E-state index in [1.807, 2.05) is 13.0 Å². The summed E-state index contributed by atoms with van der Waals surface area (Å²) in [5, 5.41) is 13.4. The Kier molecular flexibility index (Phi) is 9.42. The summed E-state index contributed by atoms with van der Waals surface area (Å²) in [7, 11) is -2.32. The topological polar surface area (TPSA) is 121 Å². The Labute approximate surface area is 233 Å². The van der Waals surface area contributed by atoms with Gasteiger partial charge in [-0.25, -0.2) is 8.42 Å². The van der Waals surface area contributed by atoms with E-state index >= 15 is 0 Å². The third-order valence-corrected chi connectivity index (χ3v) is 9.99. The first-order valence-electron chi connectivity index (χ1n) is 13.1. The molecule has 1 saturated heterocycles. The number of sulfonamides is 1. The highest BCUT2D eigenvalue weighted by Crippen LogP contribution is 2.47. The third kappa shape index (κ3) is 5.75. The maximum Gasteiger partial charge on any atom is 0.245 e. The van der Waals surface area contributed by atoms with Crippen molar-refractivity contribution in [1.82, 2.24) is 4.31 Å². The van der Waals surface area contributed by atoms with Gasteiger partial charge in [0.1, 0.15) is 4.90 Å². The molecule has 0 bridgehead atoms. The number of ketones is 1. The third-order valence-electron chi connectivity index (χ3n) is 7.44. The van der Waals surface area contributed by atoms with Crippen LogP contribution in [0.25, 0.3) is 0 Å². The summed E-state index contributed by atoms with van der Waals surface area (Å²) >= 11 is 3.60. The van der Waals surface area contributed by atoms with Crippen LogP contribution in [0.2, 0.25) is 0 Å². The number of carbonyl (C=O) groups is 1. The largest absolute Gasteiger partial charge is 0.383 e. The summed E-state index contributed by atoms with van der Waals surface area (Å²) in [6.45, 7) is 5.88. The number of halogens is 1. The van der Waals surface area contributed by atoms with Crippen LogP contribution in [0.4, 0.5) is 5.69 Å². The Balaban J connectivity index is 1.86. The molecule has 0 aromatic heterocycles. The van der Waals surface area contributed by atoms with Crippen LogP contribution >= 0.6 is 15.9 Å². The molecule has 4 rings (SSSR count). The number of allylic oxidation sites excluding steroid dienone is 2. The smallest absolute Gasteiger partial charge is 0.245 e. The number of anilines is 1. The van der Waals surface area contributed by atoms with Gasteiger partial charge < -0.3 is 14.8 Å². The van der Waals surface area contributed by atoms with Crippen LogP contribution in [0.1, 0.15) is 51.0 Å². The van der Waals surface area contributed by atoms with Crippen molar-refractivity contribution in [2.75, 3.05) is 51.9 Å². The van der Waals surface area contributed by atoms with Crippen LogP contribution in [0, 0.1) is 23.2 Å².